The molecule has 0 aliphatic carbocycles. The SMILES string of the molecule is CC(=O)N(c1ccc(C)cc1)c1nc(CN(Cc2ccco2)Cc2ccc(C)s2)cs1. The van der Waals surface area contributed by atoms with Gasteiger partial charge in [0.15, 0.2) is 5.13 Å². The quantitative estimate of drug-likeness (QED) is 0.315. The topological polar surface area (TPSA) is 49.6 Å². The third-order valence-electron chi connectivity index (χ3n) is 4.86. The summed E-state index contributed by atoms with van der Waals surface area (Å²) < 4.78 is 5.58. The number of carbonyl (C=O) groups is 1. The van der Waals surface area contributed by atoms with Crippen LogP contribution in [-0.4, -0.2) is 15.8 Å². The monoisotopic (exact) mass is 451 g/mol. The molecule has 0 unspecified atom stereocenters. The first-order valence-corrected chi connectivity index (χ1v) is 11.8. The second-order valence-corrected chi connectivity index (χ2v) is 9.76. The summed E-state index contributed by atoms with van der Waals surface area (Å²) in [6.45, 7) is 7.92. The van der Waals surface area contributed by atoms with Crippen LogP contribution < -0.4 is 4.90 Å². The minimum Gasteiger partial charge on any atom is -0.468 e. The maximum atomic E-state index is 12.4. The number of furan rings is 1. The number of aryl methyl sites for hydroxylation is 2. The highest BCUT2D eigenvalue weighted by Gasteiger charge is 2.19. The fourth-order valence-corrected chi connectivity index (χ4v) is 5.21. The second kappa shape index (κ2) is 9.60. The Kier molecular flexibility index (Phi) is 6.65. The molecule has 0 aliphatic heterocycles. The molecular weight excluding hydrogens is 426 g/mol. The number of rotatable bonds is 8. The Labute approximate surface area is 190 Å². The third kappa shape index (κ3) is 5.50. The van der Waals surface area contributed by atoms with Gasteiger partial charge in [-0.05, 0) is 50.2 Å². The highest BCUT2D eigenvalue weighted by molar-refractivity contribution is 7.14. The fourth-order valence-electron chi connectivity index (χ4n) is 3.40. The van der Waals surface area contributed by atoms with Gasteiger partial charge in [-0.15, -0.1) is 22.7 Å². The van der Waals surface area contributed by atoms with Gasteiger partial charge in [-0.25, -0.2) is 4.98 Å². The lowest BCUT2D eigenvalue weighted by atomic mass is 10.2. The Bertz CT molecular complexity index is 1130. The van der Waals surface area contributed by atoms with E-state index >= 15 is 0 Å². The summed E-state index contributed by atoms with van der Waals surface area (Å²) in [4.78, 5) is 23.8. The lowest BCUT2D eigenvalue weighted by Crippen LogP contribution is -2.23. The minimum absolute atomic E-state index is 0.0498. The number of aromatic nitrogens is 1. The maximum Gasteiger partial charge on any atom is 0.230 e. The smallest absolute Gasteiger partial charge is 0.230 e. The molecule has 0 aliphatic rings. The zero-order chi connectivity index (χ0) is 21.8. The van der Waals surface area contributed by atoms with Crippen LogP contribution in [0.2, 0.25) is 0 Å². The van der Waals surface area contributed by atoms with Gasteiger partial charge in [0, 0.05) is 35.1 Å². The molecule has 4 aromatic rings. The predicted molar refractivity (Wildman–Crippen MR) is 127 cm³/mol. The van der Waals surface area contributed by atoms with Gasteiger partial charge in [-0.2, -0.15) is 0 Å². The zero-order valence-electron chi connectivity index (χ0n) is 17.9. The van der Waals surface area contributed by atoms with Crippen molar-refractivity contribution in [2.75, 3.05) is 4.90 Å². The molecule has 31 heavy (non-hydrogen) atoms. The standard InChI is InChI=1S/C24H25N3O2S2/c1-17-6-9-21(10-7-17)27(19(3)28)24-25-20(16-30-24)13-26(14-22-5-4-12-29-22)15-23-11-8-18(2)31-23/h4-12,16H,13-15H2,1-3H3. The first-order valence-electron chi connectivity index (χ1n) is 10.1. The molecule has 0 atom stereocenters. The van der Waals surface area contributed by atoms with E-state index in [9.17, 15) is 4.79 Å². The average Bonchev–Trinajstić information content (AvgIpc) is 3.47. The molecule has 0 N–H and O–H groups in total. The number of carbonyl (C=O) groups excluding carboxylic acids is 1. The Hall–Kier alpha value is -2.74. The number of thiophene rings is 1. The van der Waals surface area contributed by atoms with Crippen LogP contribution >= 0.6 is 22.7 Å². The van der Waals surface area contributed by atoms with Crippen LogP contribution in [0.4, 0.5) is 10.8 Å². The molecule has 0 saturated heterocycles. The van der Waals surface area contributed by atoms with Crippen LogP contribution in [0.1, 0.15) is 33.7 Å². The van der Waals surface area contributed by atoms with E-state index in [1.54, 1.807) is 18.1 Å². The van der Waals surface area contributed by atoms with Gasteiger partial charge in [0.25, 0.3) is 0 Å². The molecule has 3 aromatic heterocycles. The van der Waals surface area contributed by atoms with Gasteiger partial charge in [-0.1, -0.05) is 17.7 Å². The van der Waals surface area contributed by atoms with E-state index in [2.05, 4.69) is 24.0 Å². The van der Waals surface area contributed by atoms with Gasteiger partial charge in [0.05, 0.1) is 24.2 Å². The van der Waals surface area contributed by atoms with E-state index in [1.807, 2.05) is 60.0 Å². The third-order valence-corrected chi connectivity index (χ3v) is 6.72. The van der Waals surface area contributed by atoms with Crippen molar-refractivity contribution in [1.82, 2.24) is 9.88 Å². The van der Waals surface area contributed by atoms with E-state index in [4.69, 9.17) is 9.40 Å². The normalized spacial score (nSPS) is 11.2. The molecule has 0 bridgehead atoms. The van der Waals surface area contributed by atoms with Crippen molar-refractivity contribution in [3.05, 3.63) is 86.9 Å². The molecule has 3 heterocycles. The largest absolute Gasteiger partial charge is 0.468 e. The van der Waals surface area contributed by atoms with Crippen LogP contribution in [0.25, 0.3) is 0 Å². The molecule has 0 radical (unpaired) electrons. The molecule has 4 rings (SSSR count). The molecule has 1 amide bonds. The first-order chi connectivity index (χ1) is 15.0. The van der Waals surface area contributed by atoms with Crippen molar-refractivity contribution in [1.29, 1.82) is 0 Å². The number of thiazole rings is 1. The Morgan fingerprint density at radius 1 is 1.03 bits per heavy atom. The van der Waals surface area contributed by atoms with Crippen molar-refractivity contribution < 1.29 is 9.21 Å². The van der Waals surface area contributed by atoms with Crippen molar-refractivity contribution in [2.24, 2.45) is 0 Å². The summed E-state index contributed by atoms with van der Waals surface area (Å²) in [7, 11) is 0. The van der Waals surface area contributed by atoms with Gasteiger partial charge in [0.2, 0.25) is 5.91 Å². The Balaban J connectivity index is 1.54. The van der Waals surface area contributed by atoms with E-state index in [0.717, 1.165) is 29.2 Å². The Morgan fingerprint density at radius 3 is 2.48 bits per heavy atom. The summed E-state index contributed by atoms with van der Waals surface area (Å²) in [5.41, 5.74) is 2.93. The van der Waals surface area contributed by atoms with E-state index in [0.29, 0.717) is 18.2 Å². The number of nitrogens with zero attached hydrogens (tertiary/aromatic N) is 3. The number of hydrogen-bond donors (Lipinski definition) is 0. The minimum atomic E-state index is -0.0498. The molecule has 1 aromatic carbocycles. The molecule has 0 saturated carbocycles. The summed E-state index contributed by atoms with van der Waals surface area (Å²) in [6.07, 6.45) is 1.70. The second-order valence-electron chi connectivity index (χ2n) is 7.55. The van der Waals surface area contributed by atoms with Crippen LogP contribution in [0.3, 0.4) is 0 Å². The van der Waals surface area contributed by atoms with E-state index < -0.39 is 0 Å². The van der Waals surface area contributed by atoms with Crippen LogP contribution in [0.15, 0.2) is 64.6 Å². The number of anilines is 2. The number of amides is 1. The molecular formula is C24H25N3O2S2. The summed E-state index contributed by atoms with van der Waals surface area (Å²) in [5.74, 6) is 0.875. The molecule has 0 fully saturated rings. The van der Waals surface area contributed by atoms with E-state index in [1.165, 1.54) is 21.1 Å². The lowest BCUT2D eigenvalue weighted by molar-refractivity contribution is -0.115. The van der Waals surface area contributed by atoms with Crippen molar-refractivity contribution in [3.8, 4) is 0 Å². The molecule has 0 spiro atoms. The van der Waals surface area contributed by atoms with Crippen molar-refractivity contribution >= 4 is 39.4 Å². The van der Waals surface area contributed by atoms with Gasteiger partial charge < -0.3 is 4.42 Å². The molecule has 160 valence electrons. The zero-order valence-corrected chi connectivity index (χ0v) is 19.5. The van der Waals surface area contributed by atoms with E-state index in [-0.39, 0.29) is 5.91 Å². The van der Waals surface area contributed by atoms with Gasteiger partial charge in [-0.3, -0.25) is 14.6 Å². The molecule has 5 nitrogen and oxygen atoms in total. The highest BCUT2D eigenvalue weighted by Crippen LogP contribution is 2.30. The fraction of sp³-hybridized carbons (Fsp3) is 0.250. The predicted octanol–water partition coefficient (Wildman–Crippen LogP) is 6.30. The van der Waals surface area contributed by atoms with Crippen LogP contribution in [0, 0.1) is 13.8 Å². The van der Waals surface area contributed by atoms with Gasteiger partial charge in [0.1, 0.15) is 5.76 Å². The van der Waals surface area contributed by atoms with Crippen molar-refractivity contribution in [2.45, 2.75) is 40.4 Å². The highest BCUT2D eigenvalue weighted by atomic mass is 32.1. The maximum absolute atomic E-state index is 12.4. The summed E-state index contributed by atoms with van der Waals surface area (Å²) >= 11 is 3.30. The van der Waals surface area contributed by atoms with Crippen LogP contribution in [0.5, 0.6) is 0 Å². The number of benzene rings is 1. The van der Waals surface area contributed by atoms with Gasteiger partial charge >= 0.3 is 0 Å². The first kappa shape index (κ1) is 21.5. The Morgan fingerprint density at radius 2 is 1.84 bits per heavy atom. The number of hydrogen-bond acceptors (Lipinski definition) is 6. The van der Waals surface area contributed by atoms with Crippen molar-refractivity contribution in [3.63, 3.8) is 0 Å². The lowest BCUT2D eigenvalue weighted by Gasteiger charge is -2.20. The van der Waals surface area contributed by atoms with Crippen LogP contribution in [-0.2, 0) is 24.4 Å². The summed E-state index contributed by atoms with van der Waals surface area (Å²) in [5, 5.41) is 2.73. The average molecular weight is 452 g/mol. The summed E-state index contributed by atoms with van der Waals surface area (Å²) in [6, 6.07) is 16.2. The molecule has 7 heteroatoms.